The fourth-order valence-electron chi connectivity index (χ4n) is 2.35. The van der Waals surface area contributed by atoms with Gasteiger partial charge in [0.05, 0.1) is 5.69 Å². The highest BCUT2D eigenvalue weighted by Crippen LogP contribution is 2.18. The molecule has 0 radical (unpaired) electrons. The first kappa shape index (κ1) is 12.7. The third kappa shape index (κ3) is 2.55. The Bertz CT molecular complexity index is 541. The molecule has 1 heterocycles. The summed E-state index contributed by atoms with van der Waals surface area (Å²) in [6.45, 7) is 4.25. The van der Waals surface area contributed by atoms with Crippen molar-refractivity contribution >= 4 is 5.82 Å². The van der Waals surface area contributed by atoms with Crippen molar-refractivity contribution in [1.82, 2.24) is 9.78 Å². The van der Waals surface area contributed by atoms with E-state index in [0.29, 0.717) is 0 Å². The van der Waals surface area contributed by atoms with Gasteiger partial charge in [0.15, 0.2) is 0 Å². The fraction of sp³-hybridized carbons (Fsp3) is 0.400. The quantitative estimate of drug-likeness (QED) is 0.897. The molecule has 0 aliphatic rings. The minimum atomic E-state index is 0.803. The van der Waals surface area contributed by atoms with Crippen molar-refractivity contribution in [2.24, 2.45) is 7.05 Å². The predicted molar refractivity (Wildman–Crippen MR) is 75.6 cm³/mol. The van der Waals surface area contributed by atoms with E-state index in [1.54, 1.807) is 4.68 Å². The zero-order chi connectivity index (χ0) is 13.1. The minimum absolute atomic E-state index is 0.803. The molecule has 0 fully saturated rings. The van der Waals surface area contributed by atoms with E-state index in [1.165, 1.54) is 16.7 Å². The Morgan fingerprint density at radius 3 is 2.72 bits per heavy atom. The largest absolute Gasteiger partial charge is 0.384 e. The molecule has 2 rings (SSSR count). The van der Waals surface area contributed by atoms with Gasteiger partial charge in [-0.25, -0.2) is 0 Å². The molecule has 2 N–H and O–H groups in total. The SMILES string of the molecule is CCc1c(CCc2cccc(C)c2)nn(C)c1N. The van der Waals surface area contributed by atoms with Gasteiger partial charge in [-0.3, -0.25) is 4.68 Å². The molecule has 18 heavy (non-hydrogen) atoms. The lowest BCUT2D eigenvalue weighted by molar-refractivity contribution is 0.745. The van der Waals surface area contributed by atoms with Gasteiger partial charge in [0.2, 0.25) is 0 Å². The van der Waals surface area contributed by atoms with Crippen molar-refractivity contribution in [3.8, 4) is 0 Å². The number of aromatic nitrogens is 2. The topological polar surface area (TPSA) is 43.8 Å². The molecule has 0 atom stereocenters. The Hall–Kier alpha value is -1.77. The molecule has 3 nitrogen and oxygen atoms in total. The standard InChI is InChI=1S/C15H21N3/c1-4-13-14(17-18(3)15(13)16)9-8-12-7-5-6-11(2)10-12/h5-7,10H,4,8-9,16H2,1-3H3. The lowest BCUT2D eigenvalue weighted by atomic mass is 10.0. The molecule has 0 saturated heterocycles. The monoisotopic (exact) mass is 243 g/mol. The van der Waals surface area contributed by atoms with E-state index in [9.17, 15) is 0 Å². The Labute approximate surface area is 109 Å². The van der Waals surface area contributed by atoms with Gasteiger partial charge >= 0.3 is 0 Å². The first-order chi connectivity index (χ1) is 8.61. The van der Waals surface area contributed by atoms with Crippen LogP contribution in [0.25, 0.3) is 0 Å². The summed E-state index contributed by atoms with van der Waals surface area (Å²) in [5.41, 5.74) is 11.0. The molecule has 96 valence electrons. The van der Waals surface area contributed by atoms with Crippen molar-refractivity contribution in [2.75, 3.05) is 5.73 Å². The van der Waals surface area contributed by atoms with E-state index in [0.717, 1.165) is 30.8 Å². The summed E-state index contributed by atoms with van der Waals surface area (Å²) in [6.07, 6.45) is 2.92. The molecule has 1 aromatic carbocycles. The maximum absolute atomic E-state index is 6.01. The molecular weight excluding hydrogens is 222 g/mol. The van der Waals surface area contributed by atoms with Gasteiger partial charge in [0.1, 0.15) is 5.82 Å². The fourth-order valence-corrected chi connectivity index (χ4v) is 2.35. The van der Waals surface area contributed by atoms with Crippen LogP contribution in [0.4, 0.5) is 5.82 Å². The number of hydrogen-bond acceptors (Lipinski definition) is 2. The second-order valence-electron chi connectivity index (χ2n) is 4.78. The zero-order valence-corrected chi connectivity index (χ0v) is 11.4. The molecule has 0 saturated carbocycles. The van der Waals surface area contributed by atoms with Crippen molar-refractivity contribution in [3.05, 3.63) is 46.6 Å². The molecule has 0 bridgehead atoms. The normalized spacial score (nSPS) is 10.8. The summed E-state index contributed by atoms with van der Waals surface area (Å²) in [6, 6.07) is 8.64. The van der Waals surface area contributed by atoms with Gasteiger partial charge in [-0.1, -0.05) is 36.8 Å². The lowest BCUT2D eigenvalue weighted by Gasteiger charge is -2.03. The van der Waals surface area contributed by atoms with Crippen LogP contribution in [-0.2, 0) is 26.3 Å². The lowest BCUT2D eigenvalue weighted by Crippen LogP contribution is -1.98. The first-order valence-electron chi connectivity index (χ1n) is 6.47. The highest BCUT2D eigenvalue weighted by atomic mass is 15.3. The van der Waals surface area contributed by atoms with Crippen molar-refractivity contribution in [2.45, 2.75) is 33.1 Å². The second-order valence-corrected chi connectivity index (χ2v) is 4.78. The van der Waals surface area contributed by atoms with E-state index in [-0.39, 0.29) is 0 Å². The van der Waals surface area contributed by atoms with Crippen LogP contribution in [0.5, 0.6) is 0 Å². The predicted octanol–water partition coefficient (Wildman–Crippen LogP) is 2.66. The van der Waals surface area contributed by atoms with Gasteiger partial charge in [0, 0.05) is 12.6 Å². The number of rotatable bonds is 4. The molecule has 0 aliphatic carbocycles. The number of nitrogens with two attached hydrogens (primary N) is 1. The Morgan fingerprint density at radius 2 is 2.06 bits per heavy atom. The number of aryl methyl sites for hydroxylation is 4. The van der Waals surface area contributed by atoms with Gasteiger partial charge in [0.25, 0.3) is 0 Å². The number of hydrogen-bond donors (Lipinski definition) is 1. The molecular formula is C15H21N3. The second kappa shape index (κ2) is 5.25. The molecule has 0 spiro atoms. The number of nitrogens with zero attached hydrogens (tertiary/aromatic N) is 2. The van der Waals surface area contributed by atoms with E-state index >= 15 is 0 Å². The summed E-state index contributed by atoms with van der Waals surface area (Å²) in [5, 5.41) is 4.51. The Morgan fingerprint density at radius 1 is 1.28 bits per heavy atom. The van der Waals surface area contributed by atoms with Crippen LogP contribution in [0.15, 0.2) is 24.3 Å². The highest BCUT2D eigenvalue weighted by molar-refractivity contribution is 5.43. The number of benzene rings is 1. The van der Waals surface area contributed by atoms with Crippen LogP contribution in [0.2, 0.25) is 0 Å². The zero-order valence-electron chi connectivity index (χ0n) is 11.4. The first-order valence-corrected chi connectivity index (χ1v) is 6.47. The average Bonchev–Trinajstić information content (AvgIpc) is 2.62. The summed E-state index contributed by atoms with van der Waals surface area (Å²) >= 11 is 0. The maximum Gasteiger partial charge on any atom is 0.124 e. The van der Waals surface area contributed by atoms with Crippen molar-refractivity contribution in [3.63, 3.8) is 0 Å². The van der Waals surface area contributed by atoms with E-state index in [1.807, 2.05) is 7.05 Å². The van der Waals surface area contributed by atoms with Gasteiger partial charge in [-0.15, -0.1) is 0 Å². The van der Waals surface area contributed by atoms with Crippen LogP contribution in [0.1, 0.15) is 29.3 Å². The Kier molecular flexibility index (Phi) is 3.70. The van der Waals surface area contributed by atoms with Gasteiger partial charge in [-0.2, -0.15) is 5.10 Å². The minimum Gasteiger partial charge on any atom is -0.384 e. The maximum atomic E-state index is 6.01. The van der Waals surface area contributed by atoms with Crippen LogP contribution in [0, 0.1) is 6.92 Å². The molecule has 2 aromatic rings. The van der Waals surface area contributed by atoms with Crippen LogP contribution >= 0.6 is 0 Å². The van der Waals surface area contributed by atoms with E-state index in [4.69, 9.17) is 5.73 Å². The molecule has 3 heteroatoms. The molecule has 0 unspecified atom stereocenters. The van der Waals surface area contributed by atoms with Gasteiger partial charge in [-0.05, 0) is 31.7 Å². The molecule has 0 aliphatic heterocycles. The Balaban J connectivity index is 2.13. The summed E-state index contributed by atoms with van der Waals surface area (Å²) in [5.74, 6) is 0.803. The number of nitrogen functional groups attached to an aromatic ring is 1. The van der Waals surface area contributed by atoms with Crippen LogP contribution in [-0.4, -0.2) is 9.78 Å². The third-order valence-corrected chi connectivity index (χ3v) is 3.36. The summed E-state index contributed by atoms with van der Waals surface area (Å²) in [4.78, 5) is 0. The van der Waals surface area contributed by atoms with Crippen molar-refractivity contribution < 1.29 is 0 Å². The van der Waals surface area contributed by atoms with Crippen molar-refractivity contribution in [1.29, 1.82) is 0 Å². The average molecular weight is 243 g/mol. The van der Waals surface area contributed by atoms with Crippen LogP contribution < -0.4 is 5.73 Å². The van der Waals surface area contributed by atoms with E-state index in [2.05, 4.69) is 43.2 Å². The molecule has 1 aromatic heterocycles. The van der Waals surface area contributed by atoms with Gasteiger partial charge < -0.3 is 5.73 Å². The third-order valence-electron chi connectivity index (χ3n) is 3.36. The van der Waals surface area contributed by atoms with E-state index < -0.39 is 0 Å². The highest BCUT2D eigenvalue weighted by Gasteiger charge is 2.11. The number of anilines is 1. The van der Waals surface area contributed by atoms with Crippen LogP contribution in [0.3, 0.4) is 0 Å². The summed E-state index contributed by atoms with van der Waals surface area (Å²) in [7, 11) is 1.91. The smallest absolute Gasteiger partial charge is 0.124 e. The molecule has 0 amide bonds. The summed E-state index contributed by atoms with van der Waals surface area (Å²) < 4.78 is 1.78.